The van der Waals surface area contributed by atoms with Crippen LogP contribution in [0.4, 0.5) is 0 Å². The SMILES string of the molecule is COc1cc(C)c(C(CCl)C(C)C)cc1C. The predicted octanol–water partition coefficient (Wildman–Crippen LogP) is 4.29. The van der Waals surface area contributed by atoms with Crippen molar-refractivity contribution < 1.29 is 4.74 Å². The van der Waals surface area contributed by atoms with E-state index in [4.69, 9.17) is 16.3 Å². The Morgan fingerprint density at radius 1 is 1.19 bits per heavy atom. The second-order valence-electron chi connectivity index (χ2n) is 4.68. The van der Waals surface area contributed by atoms with E-state index in [9.17, 15) is 0 Å². The Labute approximate surface area is 104 Å². The summed E-state index contributed by atoms with van der Waals surface area (Å²) in [7, 11) is 1.71. The van der Waals surface area contributed by atoms with Gasteiger partial charge in [-0.2, -0.15) is 0 Å². The average Bonchev–Trinajstić information content (AvgIpc) is 2.23. The molecule has 0 saturated heterocycles. The van der Waals surface area contributed by atoms with Gasteiger partial charge in [-0.15, -0.1) is 11.6 Å². The van der Waals surface area contributed by atoms with E-state index in [-0.39, 0.29) is 0 Å². The average molecular weight is 241 g/mol. The topological polar surface area (TPSA) is 9.23 Å². The fourth-order valence-corrected chi connectivity index (χ4v) is 2.57. The minimum Gasteiger partial charge on any atom is -0.496 e. The highest BCUT2D eigenvalue weighted by Crippen LogP contribution is 2.32. The van der Waals surface area contributed by atoms with E-state index in [2.05, 4.69) is 39.8 Å². The molecule has 16 heavy (non-hydrogen) atoms. The lowest BCUT2D eigenvalue weighted by atomic mass is 9.86. The van der Waals surface area contributed by atoms with E-state index in [1.165, 1.54) is 16.7 Å². The fourth-order valence-electron chi connectivity index (χ4n) is 2.05. The highest BCUT2D eigenvalue weighted by Gasteiger charge is 2.18. The number of benzene rings is 1. The number of aryl methyl sites for hydroxylation is 2. The number of halogens is 1. The molecular weight excluding hydrogens is 220 g/mol. The third-order valence-corrected chi connectivity index (χ3v) is 3.49. The summed E-state index contributed by atoms with van der Waals surface area (Å²) in [6.45, 7) is 8.63. The number of ether oxygens (including phenoxy) is 1. The normalized spacial score (nSPS) is 12.9. The molecule has 0 aliphatic carbocycles. The number of hydrogen-bond donors (Lipinski definition) is 0. The molecule has 1 nitrogen and oxygen atoms in total. The molecule has 0 amide bonds. The van der Waals surface area contributed by atoms with Gasteiger partial charge in [0.1, 0.15) is 5.75 Å². The Morgan fingerprint density at radius 3 is 2.25 bits per heavy atom. The summed E-state index contributed by atoms with van der Waals surface area (Å²) in [4.78, 5) is 0. The fraction of sp³-hybridized carbons (Fsp3) is 0.571. The van der Waals surface area contributed by atoms with Gasteiger partial charge in [0, 0.05) is 5.88 Å². The van der Waals surface area contributed by atoms with Crippen LogP contribution in [-0.2, 0) is 0 Å². The Hall–Kier alpha value is -0.690. The van der Waals surface area contributed by atoms with Gasteiger partial charge in [0.25, 0.3) is 0 Å². The molecule has 1 unspecified atom stereocenters. The van der Waals surface area contributed by atoms with Crippen LogP contribution < -0.4 is 4.74 Å². The molecule has 0 aliphatic rings. The molecule has 90 valence electrons. The lowest BCUT2D eigenvalue weighted by Gasteiger charge is -2.22. The van der Waals surface area contributed by atoms with Crippen LogP contribution in [-0.4, -0.2) is 13.0 Å². The summed E-state index contributed by atoms with van der Waals surface area (Å²) in [5.74, 6) is 2.61. The van der Waals surface area contributed by atoms with E-state index in [1.807, 2.05) is 0 Å². The minimum atomic E-state index is 0.422. The van der Waals surface area contributed by atoms with Gasteiger partial charge >= 0.3 is 0 Å². The van der Waals surface area contributed by atoms with Crippen LogP contribution >= 0.6 is 11.6 Å². The molecule has 1 aromatic rings. The maximum Gasteiger partial charge on any atom is 0.122 e. The molecular formula is C14H21ClO. The van der Waals surface area contributed by atoms with Crippen molar-refractivity contribution in [1.82, 2.24) is 0 Å². The maximum atomic E-state index is 6.06. The molecule has 0 fully saturated rings. The summed E-state index contributed by atoms with van der Waals surface area (Å²) in [6, 6.07) is 4.31. The van der Waals surface area contributed by atoms with E-state index in [0.29, 0.717) is 17.7 Å². The van der Waals surface area contributed by atoms with Crippen molar-refractivity contribution in [2.24, 2.45) is 5.92 Å². The number of hydrogen-bond acceptors (Lipinski definition) is 1. The molecule has 0 heterocycles. The van der Waals surface area contributed by atoms with Crippen LogP contribution in [0.5, 0.6) is 5.75 Å². The number of rotatable bonds is 4. The van der Waals surface area contributed by atoms with E-state index >= 15 is 0 Å². The largest absolute Gasteiger partial charge is 0.496 e. The minimum absolute atomic E-state index is 0.422. The third-order valence-electron chi connectivity index (χ3n) is 3.15. The molecule has 0 saturated carbocycles. The molecule has 1 rings (SSSR count). The standard InChI is InChI=1S/C14H21ClO/c1-9(2)13(8-15)12-6-11(4)14(16-5)7-10(12)3/h6-7,9,13H,8H2,1-5H3. The van der Waals surface area contributed by atoms with Gasteiger partial charge < -0.3 is 4.74 Å². The van der Waals surface area contributed by atoms with Crippen molar-refractivity contribution in [2.45, 2.75) is 33.6 Å². The van der Waals surface area contributed by atoms with Crippen molar-refractivity contribution >= 4 is 11.6 Å². The first-order valence-corrected chi connectivity index (χ1v) is 6.25. The highest BCUT2D eigenvalue weighted by molar-refractivity contribution is 6.18. The van der Waals surface area contributed by atoms with Gasteiger partial charge in [-0.25, -0.2) is 0 Å². The first kappa shape index (κ1) is 13.4. The molecule has 2 heteroatoms. The third kappa shape index (κ3) is 2.70. The summed E-state index contributed by atoms with van der Waals surface area (Å²) in [5, 5.41) is 0. The van der Waals surface area contributed by atoms with Gasteiger partial charge in [0.15, 0.2) is 0 Å². The Bertz CT molecular complexity index is 358. The molecule has 0 N–H and O–H groups in total. The summed E-state index contributed by atoms with van der Waals surface area (Å²) < 4.78 is 5.32. The highest BCUT2D eigenvalue weighted by atomic mass is 35.5. The molecule has 1 aromatic carbocycles. The monoisotopic (exact) mass is 240 g/mol. The molecule has 0 aromatic heterocycles. The molecule has 1 atom stereocenters. The Balaban J connectivity index is 3.18. The quantitative estimate of drug-likeness (QED) is 0.714. The van der Waals surface area contributed by atoms with Crippen LogP contribution in [0.3, 0.4) is 0 Å². The zero-order chi connectivity index (χ0) is 12.3. The van der Waals surface area contributed by atoms with Crippen LogP contribution in [0, 0.1) is 19.8 Å². The Morgan fingerprint density at radius 2 is 1.81 bits per heavy atom. The number of alkyl halides is 1. The van der Waals surface area contributed by atoms with Crippen molar-refractivity contribution in [3.8, 4) is 5.75 Å². The lowest BCUT2D eigenvalue weighted by molar-refractivity contribution is 0.410. The lowest BCUT2D eigenvalue weighted by Crippen LogP contribution is -2.10. The van der Waals surface area contributed by atoms with E-state index in [0.717, 1.165) is 5.75 Å². The second kappa shape index (κ2) is 5.58. The first-order chi connectivity index (χ1) is 7.51. The van der Waals surface area contributed by atoms with E-state index in [1.54, 1.807) is 7.11 Å². The van der Waals surface area contributed by atoms with Crippen molar-refractivity contribution in [2.75, 3.05) is 13.0 Å². The van der Waals surface area contributed by atoms with E-state index < -0.39 is 0 Å². The molecule has 0 aliphatic heterocycles. The van der Waals surface area contributed by atoms with Crippen LogP contribution in [0.15, 0.2) is 12.1 Å². The van der Waals surface area contributed by atoms with Gasteiger partial charge in [-0.05, 0) is 48.4 Å². The van der Waals surface area contributed by atoms with Crippen LogP contribution in [0.25, 0.3) is 0 Å². The van der Waals surface area contributed by atoms with Crippen molar-refractivity contribution in [1.29, 1.82) is 0 Å². The second-order valence-corrected chi connectivity index (χ2v) is 4.99. The Kier molecular flexibility index (Phi) is 4.67. The number of methoxy groups -OCH3 is 1. The first-order valence-electron chi connectivity index (χ1n) is 5.72. The van der Waals surface area contributed by atoms with Gasteiger partial charge in [-0.3, -0.25) is 0 Å². The summed E-state index contributed by atoms with van der Waals surface area (Å²) in [5.41, 5.74) is 3.80. The predicted molar refractivity (Wildman–Crippen MR) is 70.8 cm³/mol. The summed E-state index contributed by atoms with van der Waals surface area (Å²) >= 11 is 6.06. The zero-order valence-corrected chi connectivity index (χ0v) is 11.6. The van der Waals surface area contributed by atoms with Crippen molar-refractivity contribution in [3.63, 3.8) is 0 Å². The zero-order valence-electron chi connectivity index (χ0n) is 10.8. The van der Waals surface area contributed by atoms with Crippen molar-refractivity contribution in [3.05, 3.63) is 28.8 Å². The molecule has 0 spiro atoms. The smallest absolute Gasteiger partial charge is 0.122 e. The van der Waals surface area contributed by atoms with Gasteiger partial charge in [0.2, 0.25) is 0 Å². The van der Waals surface area contributed by atoms with Crippen LogP contribution in [0.1, 0.15) is 36.5 Å². The van der Waals surface area contributed by atoms with Gasteiger partial charge in [-0.1, -0.05) is 19.9 Å². The molecule has 0 bridgehead atoms. The van der Waals surface area contributed by atoms with Gasteiger partial charge in [0.05, 0.1) is 7.11 Å². The maximum absolute atomic E-state index is 6.06. The molecule has 0 radical (unpaired) electrons. The summed E-state index contributed by atoms with van der Waals surface area (Å²) in [6.07, 6.45) is 0. The van der Waals surface area contributed by atoms with Crippen LogP contribution in [0.2, 0.25) is 0 Å².